The van der Waals surface area contributed by atoms with Crippen LogP contribution in [-0.4, -0.2) is 18.3 Å². The molecule has 3 nitrogen and oxygen atoms in total. The van der Waals surface area contributed by atoms with Crippen molar-refractivity contribution in [1.29, 1.82) is 0 Å². The second-order valence-corrected chi connectivity index (χ2v) is 3.85. The van der Waals surface area contributed by atoms with Gasteiger partial charge in [0, 0.05) is 6.54 Å². The molecule has 0 saturated carbocycles. The number of nitrogens with one attached hydrogen (secondary N) is 1. The summed E-state index contributed by atoms with van der Waals surface area (Å²) in [5, 5.41) is 3.07. The molecule has 0 aliphatic carbocycles. The molecule has 0 bridgehead atoms. The maximum absolute atomic E-state index is 5.28. The largest absolute Gasteiger partial charge is 0.454 e. The van der Waals surface area contributed by atoms with Crippen LogP contribution in [0.1, 0.15) is 13.8 Å². The fourth-order valence-electron chi connectivity index (χ4n) is 1.11. The van der Waals surface area contributed by atoms with Crippen molar-refractivity contribution in [2.75, 3.05) is 13.3 Å². The number of hydrogen-bond acceptors (Lipinski definition) is 3. The van der Waals surface area contributed by atoms with Gasteiger partial charge in [-0.15, -0.1) is 0 Å². The molecule has 1 aliphatic heterocycles. The summed E-state index contributed by atoms with van der Waals surface area (Å²) in [5.74, 6) is 1.42. The summed E-state index contributed by atoms with van der Waals surface area (Å²) in [6, 6.07) is 0. The van der Waals surface area contributed by atoms with Crippen LogP contribution >= 0.6 is 12.2 Å². The third kappa shape index (κ3) is 3.75. The average molecular weight is 225 g/mol. The molecule has 0 spiro atoms. The second-order valence-electron chi connectivity index (χ2n) is 3.24. The first kappa shape index (κ1) is 11.8. The van der Waals surface area contributed by atoms with Gasteiger partial charge < -0.3 is 14.8 Å². The van der Waals surface area contributed by atoms with Crippen molar-refractivity contribution in [2.24, 2.45) is 0 Å². The van der Waals surface area contributed by atoms with Gasteiger partial charge in [-0.05, 0) is 26.0 Å². The molecule has 4 heteroatoms. The van der Waals surface area contributed by atoms with Gasteiger partial charge in [0.1, 0.15) is 0 Å². The van der Waals surface area contributed by atoms with Gasteiger partial charge in [0.15, 0.2) is 11.5 Å². The molecule has 0 amide bonds. The predicted octanol–water partition coefficient (Wildman–Crippen LogP) is 2.27. The number of thiocarbonyl (C=S) groups is 1. The van der Waals surface area contributed by atoms with E-state index in [0.717, 1.165) is 16.3 Å². The molecule has 0 radical (unpaired) electrons. The van der Waals surface area contributed by atoms with Crippen LogP contribution in [0.5, 0.6) is 0 Å². The third-order valence-corrected chi connectivity index (χ3v) is 2.00. The maximum atomic E-state index is 5.28. The summed E-state index contributed by atoms with van der Waals surface area (Å²) in [4.78, 5) is 0.782. The Balaban J connectivity index is 2.61. The normalized spacial score (nSPS) is 15.7. The zero-order valence-electron chi connectivity index (χ0n) is 9.00. The van der Waals surface area contributed by atoms with Gasteiger partial charge in [-0.3, -0.25) is 0 Å². The number of allylic oxidation sites excluding steroid dienone is 2. The Hall–Kier alpha value is -1.29. The molecule has 0 atom stereocenters. The fourth-order valence-corrected chi connectivity index (χ4v) is 1.18. The Morgan fingerprint density at radius 3 is 2.73 bits per heavy atom. The van der Waals surface area contributed by atoms with Crippen molar-refractivity contribution in [3.63, 3.8) is 0 Å². The highest BCUT2D eigenvalue weighted by Crippen LogP contribution is 2.19. The van der Waals surface area contributed by atoms with Crippen LogP contribution in [0.3, 0.4) is 0 Å². The van der Waals surface area contributed by atoms with E-state index in [-0.39, 0.29) is 6.79 Å². The average Bonchev–Trinajstić information content (AvgIpc) is 2.62. The van der Waals surface area contributed by atoms with Crippen molar-refractivity contribution in [3.05, 3.63) is 35.8 Å². The first-order chi connectivity index (χ1) is 7.13. The summed E-state index contributed by atoms with van der Waals surface area (Å²) < 4.78 is 10.5. The first-order valence-corrected chi connectivity index (χ1v) is 5.08. The Morgan fingerprint density at radius 1 is 1.47 bits per heavy atom. The zero-order valence-corrected chi connectivity index (χ0v) is 9.82. The van der Waals surface area contributed by atoms with Crippen LogP contribution in [0.2, 0.25) is 0 Å². The lowest BCUT2D eigenvalue weighted by molar-refractivity contribution is 0.0777. The molecule has 82 valence electrons. The van der Waals surface area contributed by atoms with Crippen LogP contribution in [-0.2, 0) is 9.47 Å². The lowest BCUT2D eigenvalue weighted by atomic mass is 10.2. The number of ether oxygens (including phenoxy) is 2. The van der Waals surface area contributed by atoms with Gasteiger partial charge in [-0.1, -0.05) is 24.4 Å². The quantitative estimate of drug-likeness (QED) is 0.743. The van der Waals surface area contributed by atoms with E-state index in [4.69, 9.17) is 21.7 Å². The SMILES string of the molecule is C=CC1=C(/C=C(\C)CNC(C)=S)OCO1. The Kier molecular flexibility index (Phi) is 4.37. The summed E-state index contributed by atoms with van der Waals surface area (Å²) in [7, 11) is 0. The van der Waals surface area contributed by atoms with E-state index >= 15 is 0 Å². The van der Waals surface area contributed by atoms with E-state index in [1.807, 2.05) is 19.9 Å². The van der Waals surface area contributed by atoms with E-state index in [1.54, 1.807) is 6.08 Å². The Labute approximate surface area is 95.4 Å². The zero-order chi connectivity index (χ0) is 11.3. The molecule has 1 N–H and O–H groups in total. The Bertz CT molecular complexity index is 331. The van der Waals surface area contributed by atoms with Crippen LogP contribution in [0.15, 0.2) is 35.8 Å². The van der Waals surface area contributed by atoms with Crippen molar-refractivity contribution >= 4 is 17.2 Å². The first-order valence-electron chi connectivity index (χ1n) is 4.67. The van der Waals surface area contributed by atoms with Crippen molar-refractivity contribution in [2.45, 2.75) is 13.8 Å². The summed E-state index contributed by atoms with van der Waals surface area (Å²) in [6.07, 6.45) is 3.57. The molecule has 1 rings (SSSR count). The molecule has 0 aromatic rings. The van der Waals surface area contributed by atoms with E-state index in [1.165, 1.54) is 0 Å². The van der Waals surface area contributed by atoms with Gasteiger partial charge in [0.25, 0.3) is 0 Å². The predicted molar refractivity (Wildman–Crippen MR) is 64.3 cm³/mol. The fraction of sp³-hybridized carbons (Fsp3) is 0.364. The van der Waals surface area contributed by atoms with E-state index in [9.17, 15) is 0 Å². The van der Waals surface area contributed by atoms with Gasteiger partial charge in [0.05, 0.1) is 4.99 Å². The molecule has 1 heterocycles. The van der Waals surface area contributed by atoms with Crippen molar-refractivity contribution < 1.29 is 9.47 Å². The van der Waals surface area contributed by atoms with Crippen molar-refractivity contribution in [3.8, 4) is 0 Å². The topological polar surface area (TPSA) is 30.5 Å². The third-order valence-electron chi connectivity index (χ3n) is 1.85. The summed E-state index contributed by atoms with van der Waals surface area (Å²) >= 11 is 4.92. The molecule has 0 saturated heterocycles. The second kappa shape index (κ2) is 5.56. The number of hydrogen-bond donors (Lipinski definition) is 1. The lowest BCUT2D eigenvalue weighted by Gasteiger charge is -2.04. The molecule has 0 aromatic heterocycles. The molecule has 0 aromatic carbocycles. The van der Waals surface area contributed by atoms with Crippen LogP contribution in [0.4, 0.5) is 0 Å². The minimum atomic E-state index is 0.264. The summed E-state index contributed by atoms with van der Waals surface area (Å²) in [5.41, 5.74) is 1.12. The molecule has 0 unspecified atom stereocenters. The lowest BCUT2D eigenvalue weighted by Crippen LogP contribution is -2.20. The molecule has 15 heavy (non-hydrogen) atoms. The Morgan fingerprint density at radius 2 is 2.13 bits per heavy atom. The minimum Gasteiger partial charge on any atom is -0.454 e. The summed E-state index contributed by atoms with van der Waals surface area (Å²) in [6.45, 7) is 8.48. The monoisotopic (exact) mass is 225 g/mol. The smallest absolute Gasteiger partial charge is 0.231 e. The maximum Gasteiger partial charge on any atom is 0.231 e. The highest BCUT2D eigenvalue weighted by molar-refractivity contribution is 7.80. The molecule has 1 aliphatic rings. The van der Waals surface area contributed by atoms with Crippen molar-refractivity contribution in [1.82, 2.24) is 5.32 Å². The van der Waals surface area contributed by atoms with E-state index < -0.39 is 0 Å². The van der Waals surface area contributed by atoms with Gasteiger partial charge in [-0.25, -0.2) is 0 Å². The highest BCUT2D eigenvalue weighted by Gasteiger charge is 2.12. The molecule has 0 fully saturated rings. The van der Waals surface area contributed by atoms with Crippen LogP contribution in [0, 0.1) is 0 Å². The minimum absolute atomic E-state index is 0.264. The molecular formula is C11H15NO2S. The molecular weight excluding hydrogens is 210 g/mol. The van der Waals surface area contributed by atoms with Gasteiger partial charge >= 0.3 is 0 Å². The van der Waals surface area contributed by atoms with E-state index in [0.29, 0.717) is 12.3 Å². The number of rotatable bonds is 4. The van der Waals surface area contributed by atoms with Crippen LogP contribution < -0.4 is 5.32 Å². The standard InChI is InChI=1S/C11H15NO2S/c1-4-10-11(14-7-13-10)5-8(2)6-12-9(3)15/h4-5H,1,6-7H2,2-3H3,(H,12,15)/b8-5+. The van der Waals surface area contributed by atoms with E-state index in [2.05, 4.69) is 11.9 Å². The highest BCUT2D eigenvalue weighted by atomic mass is 32.1. The van der Waals surface area contributed by atoms with Crippen LogP contribution in [0.25, 0.3) is 0 Å². The van der Waals surface area contributed by atoms with Gasteiger partial charge in [-0.2, -0.15) is 0 Å². The van der Waals surface area contributed by atoms with Gasteiger partial charge in [0.2, 0.25) is 6.79 Å².